The topological polar surface area (TPSA) is 42.7 Å². The van der Waals surface area contributed by atoms with Gasteiger partial charge < -0.3 is 5.32 Å². The van der Waals surface area contributed by atoms with E-state index in [0.29, 0.717) is 11.6 Å². The first-order valence-electron chi connectivity index (χ1n) is 6.08. The summed E-state index contributed by atoms with van der Waals surface area (Å²) in [6.45, 7) is 5.66. The molecule has 0 radical (unpaired) electrons. The summed E-state index contributed by atoms with van der Waals surface area (Å²) in [6.07, 6.45) is 2.75. The quantitative estimate of drug-likeness (QED) is 0.902. The van der Waals surface area contributed by atoms with Gasteiger partial charge in [-0.3, -0.25) is 4.68 Å². The maximum atomic E-state index is 5.98. The highest BCUT2D eigenvalue weighted by atomic mass is 35.5. The van der Waals surface area contributed by atoms with Crippen molar-refractivity contribution in [1.82, 2.24) is 14.8 Å². The lowest BCUT2D eigenvalue weighted by atomic mass is 10.3. The Kier molecular flexibility index (Phi) is 4.20. The van der Waals surface area contributed by atoms with Crippen LogP contribution in [-0.4, -0.2) is 21.3 Å². The smallest absolute Gasteiger partial charge is 0.126 e. The van der Waals surface area contributed by atoms with Crippen LogP contribution in [-0.2, 0) is 6.54 Å². The third-order valence-electron chi connectivity index (χ3n) is 2.72. The van der Waals surface area contributed by atoms with Crippen LogP contribution in [0, 0.1) is 6.92 Å². The van der Waals surface area contributed by atoms with Crippen molar-refractivity contribution in [2.75, 3.05) is 11.9 Å². The van der Waals surface area contributed by atoms with Gasteiger partial charge >= 0.3 is 0 Å². The van der Waals surface area contributed by atoms with Crippen LogP contribution in [0.5, 0.6) is 0 Å². The standard InChI is InChI=1S/C13H17ClN4/c1-3-7-15-13-6-4-5-11(17-13)9-18-10(2)12(14)8-16-18/h4-6,8H,3,7,9H2,1-2H3,(H,15,17). The first kappa shape index (κ1) is 12.9. The highest BCUT2D eigenvalue weighted by molar-refractivity contribution is 6.31. The molecule has 18 heavy (non-hydrogen) atoms. The van der Waals surface area contributed by atoms with Crippen LogP contribution in [0.2, 0.25) is 5.02 Å². The third kappa shape index (κ3) is 3.01. The number of anilines is 1. The van der Waals surface area contributed by atoms with Gasteiger partial charge in [0.05, 0.1) is 29.2 Å². The number of hydrogen-bond donors (Lipinski definition) is 1. The molecule has 0 unspecified atom stereocenters. The Morgan fingerprint density at radius 3 is 2.89 bits per heavy atom. The highest BCUT2D eigenvalue weighted by Gasteiger charge is 2.05. The lowest BCUT2D eigenvalue weighted by Gasteiger charge is -2.07. The zero-order valence-electron chi connectivity index (χ0n) is 10.7. The van der Waals surface area contributed by atoms with Crippen LogP contribution in [0.1, 0.15) is 24.7 Å². The Bertz CT molecular complexity index is 521. The summed E-state index contributed by atoms with van der Waals surface area (Å²) < 4.78 is 1.86. The minimum Gasteiger partial charge on any atom is -0.370 e. The fourth-order valence-electron chi connectivity index (χ4n) is 1.66. The minimum absolute atomic E-state index is 0.639. The predicted molar refractivity (Wildman–Crippen MR) is 74.1 cm³/mol. The Labute approximate surface area is 112 Å². The van der Waals surface area contributed by atoms with Crippen LogP contribution in [0.3, 0.4) is 0 Å². The summed E-state index contributed by atoms with van der Waals surface area (Å²) in [6, 6.07) is 5.97. The molecule has 0 saturated carbocycles. The van der Waals surface area contributed by atoms with Crippen molar-refractivity contribution in [2.24, 2.45) is 0 Å². The summed E-state index contributed by atoms with van der Waals surface area (Å²) in [5.41, 5.74) is 1.93. The van der Waals surface area contributed by atoms with E-state index >= 15 is 0 Å². The summed E-state index contributed by atoms with van der Waals surface area (Å²) in [5, 5.41) is 8.19. The molecule has 0 saturated heterocycles. The van der Waals surface area contributed by atoms with Crippen molar-refractivity contribution in [2.45, 2.75) is 26.8 Å². The molecule has 96 valence electrons. The van der Waals surface area contributed by atoms with Crippen LogP contribution in [0.15, 0.2) is 24.4 Å². The van der Waals surface area contributed by atoms with Gasteiger partial charge in [0.25, 0.3) is 0 Å². The molecule has 0 aliphatic rings. The summed E-state index contributed by atoms with van der Waals surface area (Å²) >= 11 is 5.98. The lowest BCUT2D eigenvalue weighted by Crippen LogP contribution is -2.08. The van der Waals surface area contributed by atoms with E-state index in [4.69, 9.17) is 11.6 Å². The molecule has 0 fully saturated rings. The molecule has 4 nitrogen and oxygen atoms in total. The predicted octanol–water partition coefficient (Wildman–Crippen LogP) is 3.11. The molecule has 2 heterocycles. The van der Waals surface area contributed by atoms with Crippen LogP contribution in [0.4, 0.5) is 5.82 Å². The van der Waals surface area contributed by atoms with Gasteiger partial charge in [0, 0.05) is 6.54 Å². The van der Waals surface area contributed by atoms with Gasteiger partial charge in [-0.15, -0.1) is 0 Å². The average Bonchev–Trinajstić information content (AvgIpc) is 2.69. The van der Waals surface area contributed by atoms with E-state index in [9.17, 15) is 0 Å². The number of halogens is 1. The number of nitrogens with one attached hydrogen (secondary N) is 1. The Morgan fingerprint density at radius 1 is 1.39 bits per heavy atom. The Balaban J connectivity index is 2.11. The summed E-state index contributed by atoms with van der Waals surface area (Å²) in [7, 11) is 0. The molecule has 5 heteroatoms. The van der Waals surface area contributed by atoms with E-state index in [1.807, 2.05) is 29.8 Å². The maximum Gasteiger partial charge on any atom is 0.126 e. The third-order valence-corrected chi connectivity index (χ3v) is 3.09. The molecule has 2 rings (SSSR count). The number of aromatic nitrogens is 3. The molecule has 0 aromatic carbocycles. The van der Waals surface area contributed by atoms with Gasteiger partial charge in [0.1, 0.15) is 5.82 Å². The van der Waals surface area contributed by atoms with Crippen molar-refractivity contribution in [3.63, 3.8) is 0 Å². The molecule has 1 N–H and O–H groups in total. The summed E-state index contributed by atoms with van der Waals surface area (Å²) in [4.78, 5) is 4.54. The van der Waals surface area contributed by atoms with Crippen molar-refractivity contribution in [3.05, 3.63) is 40.8 Å². The first-order chi connectivity index (χ1) is 8.70. The molecule has 0 spiro atoms. The largest absolute Gasteiger partial charge is 0.370 e. The molecular formula is C13H17ClN4. The van der Waals surface area contributed by atoms with Gasteiger partial charge in [-0.1, -0.05) is 24.6 Å². The molecule has 2 aromatic rings. The second kappa shape index (κ2) is 5.87. The van der Waals surface area contributed by atoms with E-state index < -0.39 is 0 Å². The SMILES string of the molecule is CCCNc1cccc(Cn2ncc(Cl)c2C)n1. The van der Waals surface area contributed by atoms with Crippen molar-refractivity contribution >= 4 is 17.4 Å². The number of rotatable bonds is 5. The zero-order valence-corrected chi connectivity index (χ0v) is 11.4. The fraction of sp³-hybridized carbons (Fsp3) is 0.385. The Hall–Kier alpha value is -1.55. The maximum absolute atomic E-state index is 5.98. The van der Waals surface area contributed by atoms with E-state index in [1.165, 1.54) is 0 Å². The minimum atomic E-state index is 0.639. The van der Waals surface area contributed by atoms with E-state index in [1.54, 1.807) is 6.20 Å². The average molecular weight is 265 g/mol. The molecule has 0 aliphatic heterocycles. The van der Waals surface area contributed by atoms with Gasteiger partial charge in [-0.05, 0) is 25.5 Å². The van der Waals surface area contributed by atoms with Crippen molar-refractivity contribution in [1.29, 1.82) is 0 Å². The fourth-order valence-corrected chi connectivity index (χ4v) is 1.80. The van der Waals surface area contributed by atoms with Crippen molar-refractivity contribution in [3.8, 4) is 0 Å². The van der Waals surface area contributed by atoms with Crippen LogP contribution in [0.25, 0.3) is 0 Å². The lowest BCUT2D eigenvalue weighted by molar-refractivity contribution is 0.653. The number of pyridine rings is 1. The van der Waals surface area contributed by atoms with Crippen LogP contribution < -0.4 is 5.32 Å². The Morgan fingerprint density at radius 2 is 2.22 bits per heavy atom. The molecule has 2 aromatic heterocycles. The summed E-state index contributed by atoms with van der Waals surface area (Å²) in [5.74, 6) is 0.908. The highest BCUT2D eigenvalue weighted by Crippen LogP contribution is 2.15. The number of hydrogen-bond acceptors (Lipinski definition) is 3. The van der Waals surface area contributed by atoms with Crippen LogP contribution >= 0.6 is 11.6 Å². The second-order valence-electron chi connectivity index (χ2n) is 4.18. The zero-order chi connectivity index (χ0) is 13.0. The monoisotopic (exact) mass is 264 g/mol. The molecular weight excluding hydrogens is 248 g/mol. The first-order valence-corrected chi connectivity index (χ1v) is 6.46. The van der Waals surface area contributed by atoms with E-state index in [0.717, 1.165) is 30.2 Å². The van der Waals surface area contributed by atoms with Gasteiger partial charge in [0.2, 0.25) is 0 Å². The number of nitrogens with zero attached hydrogens (tertiary/aromatic N) is 3. The van der Waals surface area contributed by atoms with E-state index in [-0.39, 0.29) is 0 Å². The van der Waals surface area contributed by atoms with Gasteiger partial charge in [0.15, 0.2) is 0 Å². The molecule has 0 atom stereocenters. The van der Waals surface area contributed by atoms with Crippen molar-refractivity contribution < 1.29 is 0 Å². The second-order valence-corrected chi connectivity index (χ2v) is 4.58. The molecule has 0 amide bonds. The van der Waals surface area contributed by atoms with Gasteiger partial charge in [-0.2, -0.15) is 5.10 Å². The normalized spacial score (nSPS) is 10.6. The molecule has 0 aliphatic carbocycles. The molecule has 0 bridgehead atoms. The van der Waals surface area contributed by atoms with E-state index in [2.05, 4.69) is 22.3 Å². The van der Waals surface area contributed by atoms with Gasteiger partial charge in [-0.25, -0.2) is 4.98 Å².